The lowest BCUT2D eigenvalue weighted by Crippen LogP contribution is -2.36. The van der Waals surface area contributed by atoms with Crippen molar-refractivity contribution in [3.63, 3.8) is 0 Å². The highest BCUT2D eigenvalue weighted by Gasteiger charge is 2.20. The van der Waals surface area contributed by atoms with Crippen LogP contribution in [0.1, 0.15) is 26.3 Å². The topological polar surface area (TPSA) is 50.4 Å². The van der Waals surface area contributed by atoms with Gasteiger partial charge in [-0.15, -0.1) is 0 Å². The van der Waals surface area contributed by atoms with Gasteiger partial charge in [-0.1, -0.05) is 26.8 Å². The zero-order chi connectivity index (χ0) is 11.1. The number of benzene rings is 1. The summed E-state index contributed by atoms with van der Waals surface area (Å²) in [4.78, 5) is 16.1. The highest BCUT2D eigenvalue weighted by Crippen LogP contribution is 2.32. The van der Waals surface area contributed by atoms with E-state index in [1.54, 1.807) is 0 Å². The zero-order valence-electron chi connectivity index (χ0n) is 9.05. The van der Waals surface area contributed by atoms with E-state index < -0.39 is 0 Å². The maximum Gasteiger partial charge on any atom is 0.352 e. The van der Waals surface area contributed by atoms with Crippen molar-refractivity contribution in [3.05, 3.63) is 23.8 Å². The van der Waals surface area contributed by atoms with Crippen LogP contribution in [0.25, 0.3) is 0 Å². The van der Waals surface area contributed by atoms with Crippen molar-refractivity contribution in [2.45, 2.75) is 26.2 Å². The van der Waals surface area contributed by atoms with E-state index in [-0.39, 0.29) is 11.4 Å². The van der Waals surface area contributed by atoms with Crippen molar-refractivity contribution in [2.75, 3.05) is 5.32 Å². The van der Waals surface area contributed by atoms with Crippen molar-refractivity contribution in [3.8, 4) is 5.75 Å². The Kier molecular flexibility index (Phi) is 2.07. The number of carbonyl (C=O) groups excluding carboxylic acids is 1. The molecule has 1 aromatic carbocycles. The zero-order valence-corrected chi connectivity index (χ0v) is 9.05. The van der Waals surface area contributed by atoms with Crippen LogP contribution < -0.4 is 15.6 Å². The first-order chi connectivity index (χ1) is 6.97. The van der Waals surface area contributed by atoms with Gasteiger partial charge in [-0.05, 0) is 23.1 Å². The molecule has 0 saturated heterocycles. The molecule has 0 aromatic heterocycles. The molecule has 1 aliphatic heterocycles. The van der Waals surface area contributed by atoms with Gasteiger partial charge in [-0.3, -0.25) is 0 Å². The number of carbonyl (C=O) groups is 1. The molecule has 2 rings (SSSR count). The third-order valence-corrected chi connectivity index (χ3v) is 2.35. The fraction of sp³-hybridized carbons (Fsp3) is 0.364. The van der Waals surface area contributed by atoms with Gasteiger partial charge in [0.2, 0.25) is 0 Å². The first-order valence-corrected chi connectivity index (χ1v) is 4.85. The molecular formula is C11H14N2O2. The molecule has 1 aliphatic rings. The second kappa shape index (κ2) is 3.15. The molecule has 4 nitrogen and oxygen atoms in total. The number of hydrogen-bond acceptors (Lipinski definition) is 2. The van der Waals surface area contributed by atoms with Gasteiger partial charge in [0.15, 0.2) is 5.75 Å². The van der Waals surface area contributed by atoms with Gasteiger partial charge in [0, 0.05) is 0 Å². The summed E-state index contributed by atoms with van der Waals surface area (Å²) < 4.78 is 0. The minimum absolute atomic E-state index is 0.0693. The van der Waals surface area contributed by atoms with Crippen molar-refractivity contribution in [1.29, 1.82) is 0 Å². The summed E-state index contributed by atoms with van der Waals surface area (Å²) >= 11 is 0. The Morgan fingerprint density at radius 2 is 2.00 bits per heavy atom. The highest BCUT2D eigenvalue weighted by atomic mass is 16.7. The average Bonchev–Trinajstić information content (AvgIpc) is 2.15. The first-order valence-electron chi connectivity index (χ1n) is 4.85. The maximum atomic E-state index is 11.0. The van der Waals surface area contributed by atoms with E-state index in [4.69, 9.17) is 4.84 Å². The van der Waals surface area contributed by atoms with Gasteiger partial charge in [-0.2, -0.15) is 5.48 Å². The average molecular weight is 206 g/mol. The summed E-state index contributed by atoms with van der Waals surface area (Å²) in [5, 5.41) is 2.66. The van der Waals surface area contributed by atoms with E-state index in [1.807, 2.05) is 18.2 Å². The molecule has 0 saturated carbocycles. The largest absolute Gasteiger partial charge is 0.376 e. The fourth-order valence-electron chi connectivity index (χ4n) is 1.43. The fourth-order valence-corrected chi connectivity index (χ4v) is 1.43. The second-order valence-electron chi connectivity index (χ2n) is 4.62. The summed E-state index contributed by atoms with van der Waals surface area (Å²) in [7, 11) is 0. The van der Waals surface area contributed by atoms with Gasteiger partial charge in [0.05, 0.1) is 5.69 Å². The van der Waals surface area contributed by atoms with Crippen LogP contribution in [-0.4, -0.2) is 6.03 Å². The Balaban J connectivity index is 2.39. The van der Waals surface area contributed by atoms with Gasteiger partial charge < -0.3 is 10.2 Å². The number of rotatable bonds is 0. The van der Waals surface area contributed by atoms with Crippen LogP contribution in [0, 0.1) is 0 Å². The number of fused-ring (bicyclic) bond motifs is 1. The van der Waals surface area contributed by atoms with Crippen molar-refractivity contribution >= 4 is 11.7 Å². The first kappa shape index (κ1) is 9.83. The molecule has 0 atom stereocenters. The van der Waals surface area contributed by atoms with E-state index in [0.717, 1.165) is 0 Å². The molecule has 2 N–H and O–H groups in total. The highest BCUT2D eigenvalue weighted by molar-refractivity contribution is 5.92. The quantitative estimate of drug-likeness (QED) is 0.684. The van der Waals surface area contributed by atoms with E-state index in [0.29, 0.717) is 11.4 Å². The minimum atomic E-state index is -0.342. The molecule has 80 valence electrons. The molecule has 1 heterocycles. The molecular weight excluding hydrogens is 192 g/mol. The van der Waals surface area contributed by atoms with Crippen LogP contribution >= 0.6 is 0 Å². The van der Waals surface area contributed by atoms with Gasteiger partial charge in [-0.25, -0.2) is 4.79 Å². The van der Waals surface area contributed by atoms with Crippen LogP contribution in [-0.2, 0) is 5.41 Å². The summed E-state index contributed by atoms with van der Waals surface area (Å²) in [6.45, 7) is 6.39. The standard InChI is InChI=1S/C11H14N2O2/c1-11(2,3)7-4-5-8-9(6-7)15-13-10(14)12-8/h4-6H,1-3H3,(H2,12,13,14). The van der Waals surface area contributed by atoms with E-state index in [1.165, 1.54) is 5.56 Å². The van der Waals surface area contributed by atoms with Crippen molar-refractivity contribution in [2.24, 2.45) is 0 Å². The molecule has 0 spiro atoms. The molecule has 4 heteroatoms. The van der Waals surface area contributed by atoms with Crippen molar-refractivity contribution in [1.82, 2.24) is 5.48 Å². The summed E-state index contributed by atoms with van der Waals surface area (Å²) in [5.41, 5.74) is 4.20. The van der Waals surface area contributed by atoms with Crippen LogP contribution in [0.2, 0.25) is 0 Å². The lowest BCUT2D eigenvalue weighted by molar-refractivity contribution is 0.183. The molecule has 0 radical (unpaired) electrons. The molecule has 2 amide bonds. The van der Waals surface area contributed by atoms with Gasteiger partial charge >= 0.3 is 6.03 Å². The second-order valence-corrected chi connectivity index (χ2v) is 4.62. The van der Waals surface area contributed by atoms with E-state index >= 15 is 0 Å². The Bertz CT molecular complexity index is 408. The maximum absolute atomic E-state index is 11.0. The lowest BCUT2D eigenvalue weighted by atomic mass is 9.87. The van der Waals surface area contributed by atoms with Gasteiger partial charge in [0.1, 0.15) is 0 Å². The predicted molar refractivity (Wildman–Crippen MR) is 57.9 cm³/mol. The molecule has 0 unspecified atom stereocenters. The Morgan fingerprint density at radius 3 is 2.67 bits per heavy atom. The normalized spacial score (nSPS) is 14.7. The number of anilines is 1. The SMILES string of the molecule is CC(C)(C)c1ccc2c(c1)ONC(=O)N2. The van der Waals surface area contributed by atoms with Crippen LogP contribution in [0.5, 0.6) is 5.75 Å². The number of hydrogen-bond donors (Lipinski definition) is 2. The Labute approximate surface area is 88.6 Å². The van der Waals surface area contributed by atoms with E-state index in [9.17, 15) is 4.79 Å². The number of hydroxylamine groups is 1. The smallest absolute Gasteiger partial charge is 0.352 e. The van der Waals surface area contributed by atoms with Crippen LogP contribution in [0.4, 0.5) is 10.5 Å². The van der Waals surface area contributed by atoms with Gasteiger partial charge in [0.25, 0.3) is 0 Å². The summed E-state index contributed by atoms with van der Waals surface area (Å²) in [6.07, 6.45) is 0. The van der Waals surface area contributed by atoms with Crippen molar-refractivity contribution < 1.29 is 9.63 Å². The third-order valence-electron chi connectivity index (χ3n) is 2.35. The molecule has 15 heavy (non-hydrogen) atoms. The Hall–Kier alpha value is -1.71. The van der Waals surface area contributed by atoms with Crippen LogP contribution in [0.3, 0.4) is 0 Å². The molecule has 0 fully saturated rings. The number of nitrogens with one attached hydrogen (secondary N) is 2. The predicted octanol–water partition coefficient (Wildman–Crippen LogP) is 2.41. The third kappa shape index (κ3) is 1.88. The Morgan fingerprint density at radius 1 is 1.27 bits per heavy atom. The van der Waals surface area contributed by atoms with E-state index in [2.05, 4.69) is 31.6 Å². The monoisotopic (exact) mass is 206 g/mol. The number of amides is 2. The van der Waals surface area contributed by atoms with Crippen LogP contribution in [0.15, 0.2) is 18.2 Å². The minimum Gasteiger partial charge on any atom is -0.376 e. The number of urea groups is 1. The molecule has 1 aromatic rings. The summed E-state index contributed by atoms with van der Waals surface area (Å²) in [5.74, 6) is 0.655. The molecule has 0 bridgehead atoms. The molecule has 0 aliphatic carbocycles. The lowest BCUT2D eigenvalue weighted by Gasteiger charge is -2.23. The summed E-state index contributed by atoms with van der Waals surface area (Å²) in [6, 6.07) is 5.44.